The number of carbonyl (C=O) groups is 3. The number of nitrogens with one attached hydrogen (secondary N) is 2. The lowest BCUT2D eigenvalue weighted by Gasteiger charge is -2.14. The molecule has 1 aromatic heterocycles. The molecule has 2 heterocycles. The first-order valence-electron chi connectivity index (χ1n) is 9.37. The van der Waals surface area contributed by atoms with Crippen LogP contribution in [-0.4, -0.2) is 23.0 Å². The second-order valence-electron chi connectivity index (χ2n) is 7.94. The molecule has 0 aliphatic carbocycles. The molecule has 1 aliphatic heterocycles. The SMILES string of the molecule is CC(C)(C)c1cc(NC(=O)Nc2ccc(N3C(=O)c4ccccc4C3=O)cc2)no1. The van der Waals surface area contributed by atoms with E-state index in [1.807, 2.05) is 20.8 Å². The van der Waals surface area contributed by atoms with Crippen molar-refractivity contribution in [3.05, 3.63) is 71.5 Å². The fourth-order valence-corrected chi connectivity index (χ4v) is 3.08. The number of benzene rings is 2. The molecule has 3 aromatic rings. The molecule has 8 heteroatoms. The minimum absolute atomic E-state index is 0.219. The van der Waals surface area contributed by atoms with Gasteiger partial charge >= 0.3 is 6.03 Å². The molecule has 4 rings (SSSR count). The van der Waals surface area contributed by atoms with Crippen molar-refractivity contribution in [2.45, 2.75) is 26.2 Å². The fraction of sp³-hybridized carbons (Fsp3) is 0.182. The van der Waals surface area contributed by atoms with Gasteiger partial charge in [-0.2, -0.15) is 0 Å². The van der Waals surface area contributed by atoms with Crippen LogP contribution in [0.15, 0.2) is 59.1 Å². The van der Waals surface area contributed by atoms with Crippen LogP contribution in [0, 0.1) is 0 Å². The van der Waals surface area contributed by atoms with Crippen molar-refractivity contribution in [2.24, 2.45) is 0 Å². The van der Waals surface area contributed by atoms with Gasteiger partial charge in [0.15, 0.2) is 5.82 Å². The number of hydrogen-bond acceptors (Lipinski definition) is 5. The molecule has 2 N–H and O–H groups in total. The van der Waals surface area contributed by atoms with Crippen molar-refractivity contribution in [3.8, 4) is 0 Å². The van der Waals surface area contributed by atoms with Crippen LogP contribution in [0.5, 0.6) is 0 Å². The summed E-state index contributed by atoms with van der Waals surface area (Å²) in [6, 6.07) is 14.3. The van der Waals surface area contributed by atoms with Gasteiger partial charge in [-0.25, -0.2) is 9.69 Å². The molecular formula is C22H20N4O4. The third kappa shape index (κ3) is 3.55. The molecule has 0 bridgehead atoms. The fourth-order valence-electron chi connectivity index (χ4n) is 3.08. The highest BCUT2D eigenvalue weighted by Crippen LogP contribution is 2.29. The van der Waals surface area contributed by atoms with Crippen LogP contribution < -0.4 is 15.5 Å². The number of imide groups is 1. The second kappa shape index (κ2) is 7.14. The Bertz CT molecular complexity index is 1110. The predicted molar refractivity (Wildman–Crippen MR) is 112 cm³/mol. The second-order valence-corrected chi connectivity index (χ2v) is 7.94. The normalized spacial score (nSPS) is 13.4. The molecule has 0 spiro atoms. The number of fused-ring (bicyclic) bond motifs is 1. The van der Waals surface area contributed by atoms with E-state index in [1.54, 1.807) is 54.6 Å². The first kappa shape index (κ1) is 19.4. The predicted octanol–water partition coefficient (Wildman–Crippen LogP) is 4.42. The topological polar surface area (TPSA) is 105 Å². The largest absolute Gasteiger partial charge is 0.359 e. The summed E-state index contributed by atoms with van der Waals surface area (Å²) in [5, 5.41) is 9.12. The lowest BCUT2D eigenvalue weighted by atomic mass is 9.93. The molecule has 30 heavy (non-hydrogen) atoms. The zero-order chi connectivity index (χ0) is 21.5. The van der Waals surface area contributed by atoms with E-state index in [0.717, 1.165) is 4.90 Å². The van der Waals surface area contributed by atoms with E-state index in [0.29, 0.717) is 34.1 Å². The Balaban J connectivity index is 1.43. The van der Waals surface area contributed by atoms with E-state index >= 15 is 0 Å². The number of carbonyl (C=O) groups excluding carboxylic acids is 3. The van der Waals surface area contributed by atoms with Gasteiger partial charge in [-0.3, -0.25) is 14.9 Å². The maximum atomic E-state index is 12.6. The summed E-state index contributed by atoms with van der Waals surface area (Å²) < 4.78 is 5.24. The van der Waals surface area contributed by atoms with Gasteiger partial charge in [0.2, 0.25) is 0 Å². The standard InChI is InChI=1S/C22H20N4O4/c1-22(2,3)17-12-18(25-30-17)24-21(29)23-13-8-10-14(11-9-13)26-19(27)15-6-4-5-7-16(15)20(26)28/h4-12H,1-3H3,(H2,23,24,25,29). The van der Waals surface area contributed by atoms with E-state index in [4.69, 9.17) is 4.52 Å². The van der Waals surface area contributed by atoms with Crippen molar-refractivity contribution >= 4 is 35.0 Å². The number of aromatic nitrogens is 1. The highest BCUT2D eigenvalue weighted by molar-refractivity contribution is 6.34. The van der Waals surface area contributed by atoms with E-state index in [2.05, 4.69) is 15.8 Å². The average Bonchev–Trinajstić information content (AvgIpc) is 3.26. The quantitative estimate of drug-likeness (QED) is 0.629. The minimum Gasteiger partial charge on any atom is -0.359 e. The molecule has 2 aromatic carbocycles. The molecule has 0 radical (unpaired) electrons. The minimum atomic E-state index is -0.489. The van der Waals surface area contributed by atoms with Gasteiger partial charge in [-0.1, -0.05) is 38.1 Å². The van der Waals surface area contributed by atoms with Gasteiger partial charge in [0.05, 0.1) is 16.8 Å². The summed E-state index contributed by atoms with van der Waals surface area (Å²) >= 11 is 0. The maximum absolute atomic E-state index is 12.6. The molecule has 0 saturated heterocycles. The van der Waals surface area contributed by atoms with Gasteiger partial charge in [0, 0.05) is 17.2 Å². The summed E-state index contributed by atoms with van der Waals surface area (Å²) in [6.45, 7) is 5.94. The summed E-state index contributed by atoms with van der Waals surface area (Å²) in [7, 11) is 0. The van der Waals surface area contributed by atoms with Gasteiger partial charge in [0.25, 0.3) is 11.8 Å². The lowest BCUT2D eigenvalue weighted by Crippen LogP contribution is -2.29. The Morgan fingerprint density at radius 1 is 0.933 bits per heavy atom. The first-order chi connectivity index (χ1) is 14.2. The molecular weight excluding hydrogens is 384 g/mol. The average molecular weight is 404 g/mol. The van der Waals surface area contributed by atoms with Crippen LogP contribution in [0.4, 0.5) is 22.0 Å². The number of nitrogens with zero attached hydrogens (tertiary/aromatic N) is 2. The van der Waals surface area contributed by atoms with Crippen LogP contribution in [-0.2, 0) is 5.41 Å². The number of rotatable bonds is 3. The molecule has 152 valence electrons. The van der Waals surface area contributed by atoms with E-state index < -0.39 is 6.03 Å². The van der Waals surface area contributed by atoms with Gasteiger partial charge in [0.1, 0.15) is 5.76 Å². The van der Waals surface area contributed by atoms with Crippen molar-refractivity contribution in [1.29, 1.82) is 0 Å². The van der Waals surface area contributed by atoms with Crippen molar-refractivity contribution in [2.75, 3.05) is 15.5 Å². The molecule has 4 amide bonds. The monoisotopic (exact) mass is 404 g/mol. The van der Waals surface area contributed by atoms with Gasteiger partial charge < -0.3 is 9.84 Å². The maximum Gasteiger partial charge on any atom is 0.324 e. The summed E-state index contributed by atoms with van der Waals surface area (Å²) in [6.07, 6.45) is 0. The number of amides is 4. The van der Waals surface area contributed by atoms with Crippen LogP contribution in [0.2, 0.25) is 0 Å². The molecule has 0 saturated carbocycles. The molecule has 1 aliphatic rings. The van der Waals surface area contributed by atoms with E-state index in [-0.39, 0.29) is 17.2 Å². The zero-order valence-corrected chi connectivity index (χ0v) is 16.7. The van der Waals surface area contributed by atoms with Crippen LogP contribution in [0.3, 0.4) is 0 Å². The Kier molecular flexibility index (Phi) is 4.62. The molecule has 0 fully saturated rings. The third-order valence-electron chi connectivity index (χ3n) is 4.67. The van der Waals surface area contributed by atoms with E-state index in [9.17, 15) is 14.4 Å². The Labute approximate surface area is 172 Å². The number of anilines is 3. The van der Waals surface area contributed by atoms with Crippen LogP contribution in [0.25, 0.3) is 0 Å². The third-order valence-corrected chi connectivity index (χ3v) is 4.67. The van der Waals surface area contributed by atoms with Gasteiger partial charge in [-0.15, -0.1) is 0 Å². The van der Waals surface area contributed by atoms with Crippen molar-refractivity contribution in [3.63, 3.8) is 0 Å². The Morgan fingerprint density at radius 3 is 2.07 bits per heavy atom. The smallest absolute Gasteiger partial charge is 0.324 e. The lowest BCUT2D eigenvalue weighted by molar-refractivity contribution is 0.0926. The summed E-state index contributed by atoms with van der Waals surface area (Å²) in [4.78, 5) is 38.4. The highest BCUT2D eigenvalue weighted by Gasteiger charge is 2.36. The highest BCUT2D eigenvalue weighted by atomic mass is 16.5. The van der Waals surface area contributed by atoms with Crippen LogP contribution >= 0.6 is 0 Å². The number of urea groups is 1. The number of hydrogen-bond donors (Lipinski definition) is 2. The molecule has 0 unspecified atom stereocenters. The zero-order valence-electron chi connectivity index (χ0n) is 16.7. The Morgan fingerprint density at radius 2 is 1.53 bits per heavy atom. The Hall–Kier alpha value is -3.94. The molecule has 0 atom stereocenters. The van der Waals surface area contributed by atoms with Crippen molar-refractivity contribution in [1.82, 2.24) is 5.16 Å². The first-order valence-corrected chi connectivity index (χ1v) is 9.37. The molecule has 8 nitrogen and oxygen atoms in total. The summed E-state index contributed by atoms with van der Waals surface area (Å²) in [5.74, 6) is 0.229. The van der Waals surface area contributed by atoms with Crippen molar-refractivity contribution < 1.29 is 18.9 Å². The van der Waals surface area contributed by atoms with E-state index in [1.165, 1.54) is 0 Å². The van der Waals surface area contributed by atoms with Gasteiger partial charge in [-0.05, 0) is 36.4 Å². The summed E-state index contributed by atoms with van der Waals surface area (Å²) in [5.41, 5.74) is 1.46. The van der Waals surface area contributed by atoms with Crippen LogP contribution in [0.1, 0.15) is 47.2 Å².